The summed E-state index contributed by atoms with van der Waals surface area (Å²) in [4.78, 5) is 22.3. The van der Waals surface area contributed by atoms with Gasteiger partial charge in [-0.1, -0.05) is 27.7 Å². The normalized spacial score (nSPS) is 9.41. The first-order valence-corrected chi connectivity index (χ1v) is 8.18. The van der Waals surface area contributed by atoms with E-state index in [2.05, 4.69) is 9.47 Å². The highest BCUT2D eigenvalue weighted by atomic mass is 32.2. The van der Waals surface area contributed by atoms with Gasteiger partial charge in [-0.05, 0) is 18.2 Å². The molecule has 0 atom stereocenters. The zero-order valence-corrected chi connectivity index (χ0v) is 14.5. The smallest absolute Gasteiger partial charge is 0.337 e. The molecular formula is C14H23NO6S. The number of methoxy groups -OCH3 is 2. The first kappa shape index (κ1) is 22.4. The summed E-state index contributed by atoms with van der Waals surface area (Å²) in [6, 6.07) is 3.20. The van der Waals surface area contributed by atoms with Crippen LogP contribution in [-0.2, 0) is 19.5 Å². The molecule has 0 saturated heterocycles. The number of primary sulfonamides is 1. The molecule has 1 rings (SSSR count). The predicted molar refractivity (Wildman–Crippen MR) is 83.2 cm³/mol. The van der Waals surface area contributed by atoms with Crippen LogP contribution in [0, 0.1) is 0 Å². The van der Waals surface area contributed by atoms with Gasteiger partial charge in [0.1, 0.15) is 0 Å². The van der Waals surface area contributed by atoms with Gasteiger partial charge in [-0.3, -0.25) is 0 Å². The molecule has 0 amide bonds. The molecule has 8 heteroatoms. The summed E-state index contributed by atoms with van der Waals surface area (Å²) in [5.74, 6) is -1.57. The Bertz CT molecular complexity index is 561. The molecule has 0 fully saturated rings. The number of esters is 2. The lowest BCUT2D eigenvalue weighted by atomic mass is 10.1. The molecule has 0 unspecified atom stereocenters. The lowest BCUT2D eigenvalue weighted by Crippen LogP contribution is -2.15. The van der Waals surface area contributed by atoms with Crippen molar-refractivity contribution in [3.8, 4) is 0 Å². The topological polar surface area (TPSA) is 113 Å². The first-order chi connectivity index (χ1) is 10.3. The third kappa shape index (κ3) is 6.68. The minimum Gasteiger partial charge on any atom is -0.465 e. The van der Waals surface area contributed by atoms with Gasteiger partial charge in [0.05, 0.1) is 30.2 Å². The molecule has 7 nitrogen and oxygen atoms in total. The van der Waals surface area contributed by atoms with Crippen molar-refractivity contribution in [3.05, 3.63) is 29.3 Å². The van der Waals surface area contributed by atoms with Gasteiger partial charge in [-0.15, -0.1) is 0 Å². The number of sulfonamides is 1. The molecule has 2 N–H and O–H groups in total. The third-order valence-electron chi connectivity index (χ3n) is 2.08. The van der Waals surface area contributed by atoms with Crippen molar-refractivity contribution in [2.24, 2.45) is 5.14 Å². The molecule has 0 spiro atoms. The minimum absolute atomic E-state index is 0.107. The van der Waals surface area contributed by atoms with E-state index < -0.39 is 22.0 Å². The van der Waals surface area contributed by atoms with E-state index >= 15 is 0 Å². The SMILES string of the molecule is CC.CC.COC(=O)c1cc(C(=O)OC)cc(S(N)(=O)=O)c1. The average Bonchev–Trinajstić information content (AvgIpc) is 2.55. The number of nitrogens with two attached hydrogens (primary N) is 1. The van der Waals surface area contributed by atoms with Gasteiger partial charge in [-0.2, -0.15) is 0 Å². The highest BCUT2D eigenvalue weighted by Crippen LogP contribution is 2.16. The number of benzene rings is 1. The molecule has 126 valence electrons. The van der Waals surface area contributed by atoms with Crippen LogP contribution in [-0.4, -0.2) is 34.6 Å². The second kappa shape index (κ2) is 10.7. The number of carbonyl (C=O) groups excluding carboxylic acids is 2. The summed E-state index contributed by atoms with van der Waals surface area (Å²) in [5.41, 5.74) is -0.214. The fraction of sp³-hybridized carbons (Fsp3) is 0.429. The van der Waals surface area contributed by atoms with Crippen molar-refractivity contribution in [1.29, 1.82) is 0 Å². The second-order valence-electron chi connectivity index (χ2n) is 3.27. The van der Waals surface area contributed by atoms with Crippen LogP contribution in [0.1, 0.15) is 48.4 Å². The lowest BCUT2D eigenvalue weighted by molar-refractivity contribution is 0.0598. The first-order valence-electron chi connectivity index (χ1n) is 6.64. The number of hydrogen-bond acceptors (Lipinski definition) is 6. The maximum absolute atomic E-state index is 11.3. The zero-order valence-electron chi connectivity index (χ0n) is 13.7. The van der Waals surface area contributed by atoms with E-state index in [9.17, 15) is 18.0 Å². The van der Waals surface area contributed by atoms with Crippen LogP contribution in [0.4, 0.5) is 0 Å². The molecule has 1 aromatic rings. The maximum Gasteiger partial charge on any atom is 0.337 e. The van der Waals surface area contributed by atoms with E-state index in [1.165, 1.54) is 0 Å². The summed E-state index contributed by atoms with van der Waals surface area (Å²) < 4.78 is 31.4. The molecule has 0 heterocycles. The van der Waals surface area contributed by atoms with Crippen molar-refractivity contribution in [1.82, 2.24) is 0 Å². The molecule has 0 aliphatic carbocycles. The Morgan fingerprint density at radius 3 is 1.41 bits per heavy atom. The Balaban J connectivity index is 0. The van der Waals surface area contributed by atoms with Crippen LogP contribution in [0.2, 0.25) is 0 Å². The number of ether oxygens (including phenoxy) is 2. The Morgan fingerprint density at radius 2 is 1.18 bits per heavy atom. The van der Waals surface area contributed by atoms with E-state index in [1.807, 2.05) is 27.7 Å². The molecule has 0 aliphatic rings. The summed E-state index contributed by atoms with van der Waals surface area (Å²) in [6.45, 7) is 8.00. The highest BCUT2D eigenvalue weighted by Gasteiger charge is 2.18. The summed E-state index contributed by atoms with van der Waals surface area (Å²) in [6.07, 6.45) is 0. The van der Waals surface area contributed by atoms with Crippen molar-refractivity contribution >= 4 is 22.0 Å². The Morgan fingerprint density at radius 1 is 0.864 bits per heavy atom. The fourth-order valence-electron chi connectivity index (χ4n) is 1.23. The van der Waals surface area contributed by atoms with Crippen molar-refractivity contribution in [2.75, 3.05) is 14.2 Å². The minimum atomic E-state index is -4.05. The molecule has 1 aromatic carbocycles. The van der Waals surface area contributed by atoms with Crippen molar-refractivity contribution in [2.45, 2.75) is 32.6 Å². The highest BCUT2D eigenvalue weighted by molar-refractivity contribution is 7.89. The van der Waals surface area contributed by atoms with E-state index in [-0.39, 0.29) is 16.0 Å². The van der Waals surface area contributed by atoms with Gasteiger partial charge in [0.15, 0.2) is 0 Å². The summed E-state index contributed by atoms with van der Waals surface area (Å²) in [7, 11) is -1.79. The van der Waals surface area contributed by atoms with Crippen molar-refractivity contribution in [3.63, 3.8) is 0 Å². The van der Waals surface area contributed by atoms with Crippen LogP contribution < -0.4 is 5.14 Å². The van der Waals surface area contributed by atoms with Crippen LogP contribution >= 0.6 is 0 Å². The summed E-state index contributed by atoms with van der Waals surface area (Å²) >= 11 is 0. The van der Waals surface area contributed by atoms with Crippen LogP contribution in [0.3, 0.4) is 0 Å². The fourth-order valence-corrected chi connectivity index (χ4v) is 1.82. The van der Waals surface area contributed by atoms with Gasteiger partial charge in [-0.25, -0.2) is 23.1 Å². The van der Waals surface area contributed by atoms with E-state index in [1.54, 1.807) is 0 Å². The zero-order chi connectivity index (χ0) is 17.9. The number of rotatable bonds is 3. The molecule has 22 heavy (non-hydrogen) atoms. The molecule has 0 radical (unpaired) electrons. The van der Waals surface area contributed by atoms with Crippen molar-refractivity contribution < 1.29 is 27.5 Å². The van der Waals surface area contributed by atoms with Gasteiger partial charge >= 0.3 is 11.9 Å². The van der Waals surface area contributed by atoms with Crippen LogP contribution in [0.15, 0.2) is 23.1 Å². The Kier molecular flexibility index (Phi) is 10.9. The Hall–Kier alpha value is -1.93. The largest absolute Gasteiger partial charge is 0.465 e. The average molecular weight is 333 g/mol. The summed E-state index contributed by atoms with van der Waals surface area (Å²) in [5, 5.41) is 4.95. The van der Waals surface area contributed by atoms with E-state index in [4.69, 9.17) is 5.14 Å². The van der Waals surface area contributed by atoms with Gasteiger partial charge in [0, 0.05) is 0 Å². The molecule has 0 saturated carbocycles. The van der Waals surface area contributed by atoms with Gasteiger partial charge in [0.25, 0.3) is 0 Å². The standard InChI is InChI=1S/C10H11NO6S.2C2H6/c1-16-9(12)6-3-7(10(13)17-2)5-8(4-6)18(11,14)15;2*1-2/h3-5H,1-2H3,(H2,11,14,15);2*1-2H3. The molecular weight excluding hydrogens is 310 g/mol. The quantitative estimate of drug-likeness (QED) is 0.846. The third-order valence-corrected chi connectivity index (χ3v) is 2.97. The van der Waals surface area contributed by atoms with Crippen LogP contribution in [0.25, 0.3) is 0 Å². The maximum atomic E-state index is 11.3. The molecule has 0 bridgehead atoms. The molecule has 0 aliphatic heterocycles. The second-order valence-corrected chi connectivity index (χ2v) is 4.84. The Labute approximate surface area is 131 Å². The van der Waals surface area contributed by atoms with Gasteiger partial charge in [0.2, 0.25) is 10.0 Å². The van der Waals surface area contributed by atoms with Crippen LogP contribution in [0.5, 0.6) is 0 Å². The predicted octanol–water partition coefficient (Wildman–Crippen LogP) is 1.96. The monoisotopic (exact) mass is 333 g/mol. The van der Waals surface area contributed by atoms with Gasteiger partial charge < -0.3 is 9.47 Å². The lowest BCUT2D eigenvalue weighted by Gasteiger charge is -2.06. The van der Waals surface area contributed by atoms with E-state index in [0.717, 1.165) is 32.4 Å². The number of hydrogen-bond donors (Lipinski definition) is 1. The van der Waals surface area contributed by atoms with E-state index in [0.29, 0.717) is 0 Å². The number of carbonyl (C=O) groups is 2. The molecule has 0 aromatic heterocycles.